The fourth-order valence-corrected chi connectivity index (χ4v) is 4.01. The lowest BCUT2D eigenvalue weighted by atomic mass is 10.1. The van der Waals surface area contributed by atoms with Crippen LogP contribution in [-0.4, -0.2) is 27.0 Å². The lowest BCUT2D eigenvalue weighted by Crippen LogP contribution is -2.30. The molecule has 4 aromatic rings. The number of aryl methyl sites for hydroxylation is 4. The molecule has 0 aliphatic heterocycles. The SMILES string of the molecule is Cc1cc2nc(C)c(=O)n(CCC(=O)NCCc3c[nH]c4ccc(Cl)cc34)c2cc1C. The van der Waals surface area contributed by atoms with Gasteiger partial charge in [-0.25, -0.2) is 4.98 Å². The number of aromatic amines is 1. The summed E-state index contributed by atoms with van der Waals surface area (Å²) in [6.45, 7) is 6.57. The van der Waals surface area contributed by atoms with Gasteiger partial charge in [0, 0.05) is 41.6 Å². The zero-order chi connectivity index (χ0) is 22.1. The number of aromatic nitrogens is 3. The lowest BCUT2D eigenvalue weighted by Gasteiger charge is -2.13. The Labute approximate surface area is 185 Å². The van der Waals surface area contributed by atoms with Crippen LogP contribution in [0.25, 0.3) is 21.9 Å². The van der Waals surface area contributed by atoms with Crippen molar-refractivity contribution < 1.29 is 4.79 Å². The van der Waals surface area contributed by atoms with Crippen LogP contribution in [0.15, 0.2) is 41.3 Å². The summed E-state index contributed by atoms with van der Waals surface area (Å²) in [6.07, 6.45) is 2.87. The topological polar surface area (TPSA) is 79.8 Å². The van der Waals surface area contributed by atoms with E-state index in [0.29, 0.717) is 30.2 Å². The second-order valence-electron chi connectivity index (χ2n) is 7.93. The van der Waals surface area contributed by atoms with Crippen LogP contribution in [-0.2, 0) is 17.8 Å². The highest BCUT2D eigenvalue weighted by molar-refractivity contribution is 6.31. The molecule has 0 aliphatic carbocycles. The molecule has 2 aromatic carbocycles. The van der Waals surface area contributed by atoms with E-state index in [1.165, 1.54) is 0 Å². The zero-order valence-electron chi connectivity index (χ0n) is 17.9. The third-order valence-corrected chi connectivity index (χ3v) is 5.97. The van der Waals surface area contributed by atoms with Crippen molar-refractivity contribution in [1.82, 2.24) is 19.9 Å². The Morgan fingerprint density at radius 2 is 1.94 bits per heavy atom. The fourth-order valence-electron chi connectivity index (χ4n) is 3.84. The summed E-state index contributed by atoms with van der Waals surface area (Å²) < 4.78 is 1.66. The third kappa shape index (κ3) is 4.35. The maximum Gasteiger partial charge on any atom is 0.272 e. The van der Waals surface area contributed by atoms with Crippen LogP contribution in [0.4, 0.5) is 0 Å². The number of halogens is 1. The predicted molar refractivity (Wildman–Crippen MR) is 125 cm³/mol. The summed E-state index contributed by atoms with van der Waals surface area (Å²) in [5.41, 5.74) is 6.18. The average molecular weight is 437 g/mol. The zero-order valence-corrected chi connectivity index (χ0v) is 18.6. The fraction of sp³-hybridized carbons (Fsp3) is 0.292. The molecule has 0 bridgehead atoms. The summed E-state index contributed by atoms with van der Waals surface area (Å²) >= 11 is 6.10. The monoisotopic (exact) mass is 436 g/mol. The minimum absolute atomic E-state index is 0.0868. The van der Waals surface area contributed by atoms with Gasteiger partial charge in [0.15, 0.2) is 0 Å². The molecule has 0 saturated heterocycles. The molecule has 4 rings (SSSR count). The molecule has 7 heteroatoms. The number of hydrogen-bond acceptors (Lipinski definition) is 3. The largest absolute Gasteiger partial charge is 0.361 e. The molecular weight excluding hydrogens is 412 g/mol. The van der Waals surface area contributed by atoms with E-state index in [0.717, 1.165) is 38.6 Å². The first-order valence-electron chi connectivity index (χ1n) is 10.3. The molecule has 0 unspecified atom stereocenters. The highest BCUT2D eigenvalue weighted by atomic mass is 35.5. The molecule has 2 aromatic heterocycles. The van der Waals surface area contributed by atoms with Gasteiger partial charge >= 0.3 is 0 Å². The number of carbonyl (C=O) groups is 1. The maximum atomic E-state index is 12.7. The highest BCUT2D eigenvalue weighted by Gasteiger charge is 2.12. The molecule has 1 amide bonds. The Morgan fingerprint density at radius 3 is 2.74 bits per heavy atom. The minimum atomic E-state index is -0.153. The van der Waals surface area contributed by atoms with Gasteiger partial charge in [-0.05, 0) is 74.2 Å². The van der Waals surface area contributed by atoms with E-state index in [1.807, 2.05) is 50.4 Å². The van der Waals surface area contributed by atoms with Crippen molar-refractivity contribution >= 4 is 39.4 Å². The standard InChI is InChI=1S/C24H25ClN4O2/c1-14-10-21-22(11-15(14)2)29(24(31)16(3)28-21)9-7-23(30)26-8-6-17-13-27-20-5-4-18(25)12-19(17)20/h4-5,10-13,27H,6-9H2,1-3H3,(H,26,30). The van der Waals surface area contributed by atoms with E-state index in [-0.39, 0.29) is 17.9 Å². The first kappa shape index (κ1) is 21.1. The molecular formula is C24H25ClN4O2. The van der Waals surface area contributed by atoms with Crippen LogP contribution in [0, 0.1) is 20.8 Å². The Balaban J connectivity index is 1.42. The van der Waals surface area contributed by atoms with Crippen molar-refractivity contribution in [1.29, 1.82) is 0 Å². The Hall–Kier alpha value is -3.12. The van der Waals surface area contributed by atoms with Gasteiger partial charge in [0.1, 0.15) is 5.69 Å². The molecule has 0 atom stereocenters. The van der Waals surface area contributed by atoms with Gasteiger partial charge in [0.2, 0.25) is 5.91 Å². The van der Waals surface area contributed by atoms with E-state index in [2.05, 4.69) is 15.3 Å². The van der Waals surface area contributed by atoms with E-state index in [1.54, 1.807) is 11.5 Å². The number of benzene rings is 2. The summed E-state index contributed by atoms with van der Waals surface area (Å²) in [7, 11) is 0. The second-order valence-corrected chi connectivity index (χ2v) is 8.37. The summed E-state index contributed by atoms with van der Waals surface area (Å²) in [5.74, 6) is -0.0868. The molecule has 0 spiro atoms. The van der Waals surface area contributed by atoms with Gasteiger partial charge in [-0.2, -0.15) is 0 Å². The summed E-state index contributed by atoms with van der Waals surface area (Å²) in [5, 5.41) is 4.71. The molecule has 0 aliphatic rings. The molecule has 6 nitrogen and oxygen atoms in total. The van der Waals surface area contributed by atoms with Crippen LogP contribution >= 0.6 is 11.6 Å². The number of nitrogens with one attached hydrogen (secondary N) is 2. The number of nitrogens with zero attached hydrogens (tertiary/aromatic N) is 2. The normalized spacial score (nSPS) is 11.4. The number of H-pyrrole nitrogens is 1. The van der Waals surface area contributed by atoms with Gasteiger partial charge in [-0.15, -0.1) is 0 Å². The van der Waals surface area contributed by atoms with Gasteiger partial charge in [0.25, 0.3) is 5.56 Å². The molecule has 0 radical (unpaired) electrons. The molecule has 0 fully saturated rings. The van der Waals surface area contributed by atoms with E-state index in [4.69, 9.17) is 11.6 Å². The highest BCUT2D eigenvalue weighted by Crippen LogP contribution is 2.22. The third-order valence-electron chi connectivity index (χ3n) is 5.73. The second kappa shape index (κ2) is 8.55. The molecule has 2 heterocycles. The van der Waals surface area contributed by atoms with Crippen LogP contribution < -0.4 is 10.9 Å². The quantitative estimate of drug-likeness (QED) is 0.475. The van der Waals surface area contributed by atoms with Gasteiger partial charge < -0.3 is 14.9 Å². The summed E-state index contributed by atoms with van der Waals surface area (Å²) in [4.78, 5) is 32.8. The Bertz CT molecular complexity index is 1350. The molecule has 160 valence electrons. The maximum absolute atomic E-state index is 12.7. The average Bonchev–Trinajstić information content (AvgIpc) is 3.12. The number of hydrogen-bond donors (Lipinski definition) is 2. The lowest BCUT2D eigenvalue weighted by molar-refractivity contribution is -0.121. The number of carbonyl (C=O) groups excluding carboxylic acids is 1. The smallest absolute Gasteiger partial charge is 0.272 e. The predicted octanol–water partition coefficient (Wildman–Crippen LogP) is 4.21. The van der Waals surface area contributed by atoms with Crippen molar-refractivity contribution in [3.63, 3.8) is 0 Å². The first-order valence-corrected chi connectivity index (χ1v) is 10.7. The van der Waals surface area contributed by atoms with Crippen molar-refractivity contribution in [2.75, 3.05) is 6.54 Å². The molecule has 2 N–H and O–H groups in total. The van der Waals surface area contributed by atoms with Crippen LogP contribution in [0.5, 0.6) is 0 Å². The Morgan fingerprint density at radius 1 is 1.16 bits per heavy atom. The van der Waals surface area contributed by atoms with Crippen molar-refractivity contribution in [3.8, 4) is 0 Å². The number of fused-ring (bicyclic) bond motifs is 2. The van der Waals surface area contributed by atoms with Gasteiger partial charge in [0.05, 0.1) is 11.0 Å². The molecule has 0 saturated carbocycles. The number of amides is 1. The van der Waals surface area contributed by atoms with Crippen molar-refractivity contribution in [3.05, 3.63) is 74.3 Å². The van der Waals surface area contributed by atoms with E-state index in [9.17, 15) is 9.59 Å². The van der Waals surface area contributed by atoms with Crippen molar-refractivity contribution in [2.45, 2.75) is 40.2 Å². The van der Waals surface area contributed by atoms with Gasteiger partial charge in [-0.3, -0.25) is 9.59 Å². The number of rotatable bonds is 6. The van der Waals surface area contributed by atoms with Gasteiger partial charge in [-0.1, -0.05) is 11.6 Å². The Kier molecular flexibility index (Phi) is 5.83. The van der Waals surface area contributed by atoms with Crippen LogP contribution in [0.1, 0.15) is 28.8 Å². The van der Waals surface area contributed by atoms with Crippen molar-refractivity contribution in [2.24, 2.45) is 0 Å². The van der Waals surface area contributed by atoms with Crippen LogP contribution in [0.2, 0.25) is 5.02 Å². The van der Waals surface area contributed by atoms with Crippen LogP contribution in [0.3, 0.4) is 0 Å². The minimum Gasteiger partial charge on any atom is -0.361 e. The van der Waals surface area contributed by atoms with E-state index < -0.39 is 0 Å². The molecule has 31 heavy (non-hydrogen) atoms. The first-order chi connectivity index (χ1) is 14.8. The summed E-state index contributed by atoms with van der Waals surface area (Å²) in [6, 6.07) is 9.68. The van der Waals surface area contributed by atoms with E-state index >= 15 is 0 Å².